The second-order valence-electron chi connectivity index (χ2n) is 6.59. The Bertz CT molecular complexity index is 712. The first kappa shape index (κ1) is 19.1. The van der Waals surface area contributed by atoms with E-state index in [-0.39, 0.29) is 17.6 Å². The molecule has 7 heteroatoms. The Morgan fingerprint density at radius 1 is 1.11 bits per heavy atom. The van der Waals surface area contributed by atoms with Gasteiger partial charge in [0.1, 0.15) is 6.04 Å². The van der Waals surface area contributed by atoms with Gasteiger partial charge < -0.3 is 25.3 Å². The minimum absolute atomic E-state index is 0.186. The first-order valence-electron chi connectivity index (χ1n) is 9.31. The van der Waals surface area contributed by atoms with Crippen molar-refractivity contribution < 1.29 is 14.0 Å². The van der Waals surface area contributed by atoms with Crippen molar-refractivity contribution in [1.82, 2.24) is 20.9 Å². The lowest BCUT2D eigenvalue weighted by Crippen LogP contribution is -2.50. The molecule has 1 aliphatic heterocycles. The highest BCUT2D eigenvalue weighted by atomic mass is 16.3. The van der Waals surface area contributed by atoms with Gasteiger partial charge in [0, 0.05) is 39.3 Å². The molecular weight excluding hydrogens is 344 g/mol. The molecule has 27 heavy (non-hydrogen) atoms. The van der Waals surface area contributed by atoms with Crippen LogP contribution < -0.4 is 16.0 Å². The highest BCUT2D eigenvalue weighted by Crippen LogP contribution is 2.05. The van der Waals surface area contributed by atoms with Gasteiger partial charge in [-0.25, -0.2) is 0 Å². The fourth-order valence-corrected chi connectivity index (χ4v) is 3.06. The van der Waals surface area contributed by atoms with Gasteiger partial charge in [0.2, 0.25) is 5.91 Å². The van der Waals surface area contributed by atoms with Crippen LogP contribution in [0.25, 0.3) is 0 Å². The van der Waals surface area contributed by atoms with Crippen LogP contribution in [-0.4, -0.2) is 55.5 Å². The largest absolute Gasteiger partial charge is 0.459 e. The molecule has 0 spiro atoms. The van der Waals surface area contributed by atoms with Crippen molar-refractivity contribution in [3.63, 3.8) is 0 Å². The first-order valence-corrected chi connectivity index (χ1v) is 9.31. The third-order valence-electron chi connectivity index (χ3n) is 4.62. The lowest BCUT2D eigenvalue weighted by atomic mass is 10.1. The van der Waals surface area contributed by atoms with Gasteiger partial charge in [0.25, 0.3) is 5.91 Å². The second-order valence-corrected chi connectivity index (χ2v) is 6.59. The van der Waals surface area contributed by atoms with Gasteiger partial charge in [-0.2, -0.15) is 0 Å². The number of nitrogens with zero attached hydrogens (tertiary/aromatic N) is 1. The molecule has 2 heterocycles. The van der Waals surface area contributed by atoms with Crippen LogP contribution in [-0.2, 0) is 11.3 Å². The average Bonchev–Trinajstić information content (AvgIpc) is 3.26. The van der Waals surface area contributed by atoms with Crippen molar-refractivity contribution in [2.45, 2.75) is 19.0 Å². The molecule has 0 unspecified atom stereocenters. The molecular formula is C20H26N4O3. The van der Waals surface area contributed by atoms with Gasteiger partial charge in [-0.3, -0.25) is 9.59 Å². The minimum Gasteiger partial charge on any atom is -0.459 e. The number of hydrogen-bond acceptors (Lipinski definition) is 5. The predicted octanol–water partition coefficient (Wildman–Crippen LogP) is 0.990. The monoisotopic (exact) mass is 370 g/mol. The molecule has 144 valence electrons. The van der Waals surface area contributed by atoms with E-state index in [4.69, 9.17) is 4.42 Å². The Balaban J connectivity index is 1.58. The molecule has 0 radical (unpaired) electrons. The number of amides is 2. The van der Waals surface area contributed by atoms with Crippen LogP contribution in [0.15, 0.2) is 53.1 Å². The van der Waals surface area contributed by atoms with Gasteiger partial charge in [0.15, 0.2) is 5.76 Å². The normalized spacial score (nSPS) is 15.9. The SMILES string of the molecule is O=C(N[C@@H](CCN1CCNCC1)C(=O)NCc1ccccc1)c1ccco1. The van der Waals surface area contributed by atoms with Crippen LogP contribution in [0.2, 0.25) is 0 Å². The molecule has 1 fully saturated rings. The standard InChI is InChI=1S/C20H26N4O3/c25-19(22-15-16-5-2-1-3-6-16)17(8-11-24-12-9-21-10-13-24)23-20(26)18-7-4-14-27-18/h1-7,14,17,21H,8-13,15H2,(H,22,25)(H,23,26)/t17-/m0/s1. The number of rotatable bonds is 8. The second kappa shape index (κ2) is 9.89. The third-order valence-corrected chi connectivity index (χ3v) is 4.62. The van der Waals surface area contributed by atoms with E-state index in [2.05, 4.69) is 20.9 Å². The molecule has 0 aliphatic carbocycles. The zero-order valence-electron chi connectivity index (χ0n) is 15.3. The Morgan fingerprint density at radius 2 is 1.89 bits per heavy atom. The van der Waals surface area contributed by atoms with Crippen LogP contribution in [0, 0.1) is 0 Å². The predicted molar refractivity (Wildman–Crippen MR) is 102 cm³/mol. The van der Waals surface area contributed by atoms with Crippen LogP contribution in [0.5, 0.6) is 0 Å². The molecule has 1 aromatic heterocycles. The molecule has 1 aliphatic rings. The summed E-state index contributed by atoms with van der Waals surface area (Å²) in [6.45, 7) is 4.98. The summed E-state index contributed by atoms with van der Waals surface area (Å²) in [5, 5.41) is 9.04. The van der Waals surface area contributed by atoms with E-state index in [0.29, 0.717) is 13.0 Å². The minimum atomic E-state index is -0.610. The highest BCUT2D eigenvalue weighted by Gasteiger charge is 2.23. The van der Waals surface area contributed by atoms with Gasteiger partial charge in [-0.05, 0) is 24.1 Å². The molecule has 1 saturated heterocycles. The van der Waals surface area contributed by atoms with Crippen molar-refractivity contribution in [3.05, 3.63) is 60.1 Å². The van der Waals surface area contributed by atoms with Crippen molar-refractivity contribution >= 4 is 11.8 Å². The zero-order valence-corrected chi connectivity index (χ0v) is 15.3. The third kappa shape index (κ3) is 5.94. The van der Waals surface area contributed by atoms with E-state index in [1.807, 2.05) is 30.3 Å². The maximum Gasteiger partial charge on any atom is 0.287 e. The summed E-state index contributed by atoms with van der Waals surface area (Å²) in [4.78, 5) is 27.3. The van der Waals surface area contributed by atoms with Gasteiger partial charge >= 0.3 is 0 Å². The van der Waals surface area contributed by atoms with E-state index in [9.17, 15) is 9.59 Å². The van der Waals surface area contributed by atoms with E-state index < -0.39 is 6.04 Å². The average molecular weight is 370 g/mol. The molecule has 2 amide bonds. The number of furan rings is 1. The summed E-state index contributed by atoms with van der Waals surface area (Å²) < 4.78 is 5.14. The molecule has 3 N–H and O–H groups in total. The van der Waals surface area contributed by atoms with E-state index in [1.165, 1.54) is 6.26 Å². The molecule has 1 atom stereocenters. The van der Waals surface area contributed by atoms with Gasteiger partial charge in [-0.1, -0.05) is 30.3 Å². The molecule has 2 aromatic rings. The lowest BCUT2D eigenvalue weighted by molar-refractivity contribution is -0.123. The summed E-state index contributed by atoms with van der Waals surface area (Å²) in [5.41, 5.74) is 1.02. The number of benzene rings is 1. The highest BCUT2D eigenvalue weighted by molar-refractivity contribution is 5.95. The first-order chi connectivity index (χ1) is 13.2. The summed E-state index contributed by atoms with van der Waals surface area (Å²) in [6.07, 6.45) is 1.99. The van der Waals surface area contributed by atoms with E-state index >= 15 is 0 Å². The summed E-state index contributed by atoms with van der Waals surface area (Å²) in [7, 11) is 0. The fraction of sp³-hybridized carbons (Fsp3) is 0.400. The number of hydrogen-bond donors (Lipinski definition) is 3. The Morgan fingerprint density at radius 3 is 2.59 bits per heavy atom. The Hall–Kier alpha value is -2.64. The lowest BCUT2D eigenvalue weighted by Gasteiger charge is -2.28. The summed E-state index contributed by atoms with van der Waals surface area (Å²) in [5.74, 6) is -0.355. The maximum absolute atomic E-state index is 12.7. The van der Waals surface area contributed by atoms with Crippen molar-refractivity contribution in [1.29, 1.82) is 0 Å². The molecule has 0 bridgehead atoms. The van der Waals surface area contributed by atoms with Gasteiger partial charge in [0.05, 0.1) is 6.26 Å². The quantitative estimate of drug-likeness (QED) is 0.645. The van der Waals surface area contributed by atoms with E-state index in [0.717, 1.165) is 38.3 Å². The molecule has 1 aromatic carbocycles. The Kier molecular flexibility index (Phi) is 7.01. The van der Waals surface area contributed by atoms with Crippen LogP contribution in [0.3, 0.4) is 0 Å². The van der Waals surface area contributed by atoms with Crippen LogP contribution in [0.1, 0.15) is 22.5 Å². The smallest absolute Gasteiger partial charge is 0.287 e. The van der Waals surface area contributed by atoms with Crippen LogP contribution in [0.4, 0.5) is 0 Å². The van der Waals surface area contributed by atoms with Crippen molar-refractivity contribution in [2.75, 3.05) is 32.7 Å². The van der Waals surface area contributed by atoms with Gasteiger partial charge in [-0.15, -0.1) is 0 Å². The van der Waals surface area contributed by atoms with Crippen molar-refractivity contribution in [3.8, 4) is 0 Å². The zero-order chi connectivity index (χ0) is 18.9. The number of nitrogens with one attached hydrogen (secondary N) is 3. The number of piperazine rings is 1. The number of carbonyl (C=O) groups is 2. The summed E-state index contributed by atoms with van der Waals surface area (Å²) >= 11 is 0. The fourth-order valence-electron chi connectivity index (χ4n) is 3.06. The molecule has 3 rings (SSSR count). The molecule has 7 nitrogen and oxygen atoms in total. The van der Waals surface area contributed by atoms with E-state index in [1.54, 1.807) is 12.1 Å². The maximum atomic E-state index is 12.7. The van der Waals surface area contributed by atoms with Crippen molar-refractivity contribution in [2.24, 2.45) is 0 Å². The molecule has 0 saturated carbocycles. The summed E-state index contributed by atoms with van der Waals surface area (Å²) in [6, 6.07) is 12.3. The number of carbonyl (C=O) groups excluding carboxylic acids is 2. The topological polar surface area (TPSA) is 86.6 Å². The Labute approximate surface area is 159 Å². The van der Waals surface area contributed by atoms with Crippen LogP contribution >= 0.6 is 0 Å².